The Hall–Kier alpha value is 0.640. The molecule has 0 aromatic carbocycles. The Morgan fingerprint density at radius 2 is 1.75 bits per heavy atom. The normalized spacial score (nSPS) is 43.4. The van der Waals surface area contributed by atoms with Crippen LogP contribution in [0.4, 0.5) is 0 Å². The van der Waals surface area contributed by atoms with Gasteiger partial charge in [-0.05, 0) is 31.6 Å². The average molecular weight is 358 g/mol. The molecule has 1 saturated heterocycles. The quantitative estimate of drug-likeness (QED) is 0.561. The first kappa shape index (κ1) is 13.1. The van der Waals surface area contributed by atoms with Gasteiger partial charge in [0.15, 0.2) is 9.84 Å². The summed E-state index contributed by atoms with van der Waals surface area (Å²) < 4.78 is 29.0. The van der Waals surface area contributed by atoms with E-state index in [2.05, 4.69) is 29.5 Å². The van der Waals surface area contributed by atoms with Gasteiger partial charge in [-0.2, -0.15) is 0 Å². The molecule has 2 atom stereocenters. The van der Waals surface area contributed by atoms with Crippen LogP contribution < -0.4 is 0 Å². The van der Waals surface area contributed by atoms with Gasteiger partial charge < -0.3 is 4.74 Å². The van der Waals surface area contributed by atoms with Crippen molar-refractivity contribution in [3.63, 3.8) is 0 Å². The molecule has 0 aromatic rings. The van der Waals surface area contributed by atoms with Gasteiger partial charge in [0.2, 0.25) is 0 Å². The highest BCUT2D eigenvalue weighted by molar-refractivity contribution is 14.1. The van der Waals surface area contributed by atoms with Crippen LogP contribution in [0.3, 0.4) is 0 Å². The molecule has 1 aliphatic heterocycles. The van der Waals surface area contributed by atoms with E-state index in [1.165, 1.54) is 12.8 Å². The second-order valence-electron chi connectivity index (χ2n) is 5.15. The summed E-state index contributed by atoms with van der Waals surface area (Å²) in [7, 11) is -2.84. The number of ether oxygens (including phenoxy) is 1. The Kier molecular flexibility index (Phi) is 4.17. The first-order valence-corrected chi connectivity index (χ1v) is 9.03. The molecule has 94 valence electrons. The van der Waals surface area contributed by atoms with Crippen molar-refractivity contribution < 1.29 is 13.2 Å². The summed E-state index contributed by atoms with van der Waals surface area (Å²) in [4.78, 5) is 0. The Bertz CT molecular complexity index is 333. The molecule has 0 spiro atoms. The maximum absolute atomic E-state index is 11.5. The maximum Gasteiger partial charge on any atom is 0.154 e. The highest BCUT2D eigenvalue weighted by Crippen LogP contribution is 2.30. The second-order valence-corrected chi connectivity index (χ2v) is 8.90. The largest absolute Gasteiger partial charge is 0.373 e. The number of hydrogen-bond acceptors (Lipinski definition) is 3. The van der Waals surface area contributed by atoms with Gasteiger partial charge in [-0.1, -0.05) is 29.5 Å². The minimum absolute atomic E-state index is 0.0657. The first-order valence-electron chi connectivity index (χ1n) is 5.96. The van der Waals surface area contributed by atoms with Crippen LogP contribution in [-0.4, -0.2) is 36.1 Å². The van der Waals surface area contributed by atoms with Crippen molar-refractivity contribution in [3.05, 3.63) is 0 Å². The summed E-state index contributed by atoms with van der Waals surface area (Å²) in [6.07, 6.45) is 4.87. The molecule has 2 aliphatic rings. The lowest BCUT2D eigenvalue weighted by Gasteiger charge is -2.29. The topological polar surface area (TPSA) is 43.4 Å². The van der Waals surface area contributed by atoms with Gasteiger partial charge >= 0.3 is 0 Å². The van der Waals surface area contributed by atoms with E-state index in [0.717, 1.165) is 18.8 Å². The fourth-order valence-corrected chi connectivity index (χ4v) is 6.57. The van der Waals surface area contributed by atoms with E-state index in [0.29, 0.717) is 11.9 Å². The number of sulfone groups is 1. The smallest absolute Gasteiger partial charge is 0.154 e. The molecule has 2 unspecified atom stereocenters. The van der Waals surface area contributed by atoms with Crippen LogP contribution in [0.5, 0.6) is 0 Å². The van der Waals surface area contributed by atoms with Gasteiger partial charge in [-0.3, -0.25) is 0 Å². The zero-order valence-electron chi connectivity index (χ0n) is 9.56. The third kappa shape index (κ3) is 3.32. The van der Waals surface area contributed by atoms with E-state index in [-0.39, 0.29) is 15.8 Å². The van der Waals surface area contributed by atoms with Crippen LogP contribution in [0.25, 0.3) is 0 Å². The molecular formula is C11H19IO3S. The summed E-state index contributed by atoms with van der Waals surface area (Å²) in [6.45, 7) is 2.28. The molecule has 16 heavy (non-hydrogen) atoms. The molecule has 1 heterocycles. The van der Waals surface area contributed by atoms with E-state index >= 15 is 0 Å². The Balaban J connectivity index is 1.86. The zero-order chi connectivity index (χ0) is 11.8. The van der Waals surface area contributed by atoms with E-state index in [1.807, 2.05) is 0 Å². The van der Waals surface area contributed by atoms with E-state index < -0.39 is 9.84 Å². The van der Waals surface area contributed by atoms with Crippen molar-refractivity contribution in [2.45, 2.75) is 48.7 Å². The molecule has 1 saturated carbocycles. The van der Waals surface area contributed by atoms with Gasteiger partial charge in [0.1, 0.15) is 0 Å². The minimum Gasteiger partial charge on any atom is -0.373 e. The van der Waals surface area contributed by atoms with Crippen LogP contribution in [0.2, 0.25) is 0 Å². The fourth-order valence-electron chi connectivity index (χ4n) is 2.51. The van der Waals surface area contributed by atoms with Crippen LogP contribution in [-0.2, 0) is 14.6 Å². The molecule has 2 fully saturated rings. The third-order valence-electron chi connectivity index (χ3n) is 3.56. The summed E-state index contributed by atoms with van der Waals surface area (Å²) >= 11 is 2.22. The van der Waals surface area contributed by atoms with E-state index in [4.69, 9.17) is 4.74 Å². The number of hydrogen-bond donors (Lipinski definition) is 0. The van der Waals surface area contributed by atoms with Crippen molar-refractivity contribution in [1.82, 2.24) is 0 Å². The third-order valence-corrected chi connectivity index (χ3v) is 7.11. The highest BCUT2D eigenvalue weighted by Gasteiger charge is 2.38. The van der Waals surface area contributed by atoms with Gasteiger partial charge in [0.25, 0.3) is 0 Å². The summed E-state index contributed by atoms with van der Waals surface area (Å²) in [5, 5.41) is 0. The van der Waals surface area contributed by atoms with Gasteiger partial charge in [0.05, 0.1) is 27.6 Å². The summed E-state index contributed by atoms with van der Waals surface area (Å²) in [5.74, 6) is 1.33. The molecule has 0 N–H and O–H groups in total. The van der Waals surface area contributed by atoms with Gasteiger partial charge in [-0.15, -0.1) is 0 Å². The fraction of sp³-hybridized carbons (Fsp3) is 1.00. The van der Waals surface area contributed by atoms with Crippen LogP contribution in [0, 0.1) is 5.92 Å². The van der Waals surface area contributed by atoms with E-state index in [1.54, 1.807) is 0 Å². The average Bonchev–Trinajstić information content (AvgIpc) is 2.44. The Morgan fingerprint density at radius 3 is 2.25 bits per heavy atom. The summed E-state index contributed by atoms with van der Waals surface area (Å²) in [6, 6.07) is 0. The number of rotatable bonds is 2. The predicted octanol–water partition coefficient (Wildman–Crippen LogP) is 2.18. The molecule has 0 radical (unpaired) electrons. The minimum atomic E-state index is -2.84. The number of alkyl halides is 1. The molecule has 1 aliphatic carbocycles. The molecule has 0 amide bonds. The number of halogens is 1. The van der Waals surface area contributed by atoms with Crippen molar-refractivity contribution in [3.8, 4) is 0 Å². The van der Waals surface area contributed by atoms with Crippen molar-refractivity contribution in [2.75, 3.05) is 11.5 Å². The zero-order valence-corrected chi connectivity index (χ0v) is 12.5. The van der Waals surface area contributed by atoms with Gasteiger partial charge in [-0.25, -0.2) is 8.42 Å². The SMILES string of the molecule is CC1CCC(OC2CS(=O)(=O)CC2I)CC1. The Morgan fingerprint density at radius 1 is 1.12 bits per heavy atom. The summed E-state index contributed by atoms with van der Waals surface area (Å²) in [5.41, 5.74) is 0. The molecule has 3 nitrogen and oxygen atoms in total. The van der Waals surface area contributed by atoms with Crippen LogP contribution in [0.1, 0.15) is 32.6 Å². The van der Waals surface area contributed by atoms with E-state index in [9.17, 15) is 8.42 Å². The molecule has 5 heteroatoms. The lowest BCUT2D eigenvalue weighted by atomic mass is 9.89. The van der Waals surface area contributed by atoms with Crippen molar-refractivity contribution >= 4 is 32.4 Å². The standard InChI is InChI=1S/C11H19IO3S/c1-8-2-4-9(5-3-8)15-11-7-16(13,14)6-10(11)12/h8-11H,2-7H2,1H3. The molecular weight excluding hydrogens is 339 g/mol. The lowest BCUT2D eigenvalue weighted by molar-refractivity contribution is -0.0192. The predicted molar refractivity (Wildman–Crippen MR) is 72.8 cm³/mol. The van der Waals surface area contributed by atoms with Gasteiger partial charge in [0, 0.05) is 0 Å². The molecule has 2 rings (SSSR count). The van der Waals surface area contributed by atoms with Crippen LogP contribution in [0.15, 0.2) is 0 Å². The first-order chi connectivity index (χ1) is 7.46. The highest BCUT2D eigenvalue weighted by atomic mass is 127. The van der Waals surface area contributed by atoms with Crippen LogP contribution >= 0.6 is 22.6 Å². The molecule has 0 aromatic heterocycles. The Labute approximate surface area is 111 Å². The monoisotopic (exact) mass is 358 g/mol. The molecule has 0 bridgehead atoms. The second kappa shape index (κ2) is 5.10. The van der Waals surface area contributed by atoms with Crippen molar-refractivity contribution in [2.24, 2.45) is 5.92 Å². The lowest BCUT2D eigenvalue weighted by Crippen LogP contribution is -2.31. The van der Waals surface area contributed by atoms with Crippen molar-refractivity contribution in [1.29, 1.82) is 0 Å². The maximum atomic E-state index is 11.5.